The molecular weight excluding hydrogens is 308 g/mol. The number of nitrogens with one attached hydrogen (secondary N) is 2. The Labute approximate surface area is 138 Å². The molecule has 0 bridgehead atoms. The molecule has 1 heterocycles. The fourth-order valence-corrected chi connectivity index (χ4v) is 2.60. The van der Waals surface area contributed by atoms with Crippen molar-refractivity contribution in [2.24, 2.45) is 0 Å². The number of methoxy groups -OCH3 is 1. The van der Waals surface area contributed by atoms with Gasteiger partial charge < -0.3 is 25.3 Å². The van der Waals surface area contributed by atoms with E-state index in [1.807, 2.05) is 12.3 Å². The van der Waals surface area contributed by atoms with E-state index < -0.39 is 0 Å². The first-order valence-electron chi connectivity index (χ1n) is 7.52. The Morgan fingerprint density at radius 2 is 2.04 bits per heavy atom. The summed E-state index contributed by atoms with van der Waals surface area (Å²) >= 11 is 0. The molecule has 0 saturated carbocycles. The number of aromatic amines is 1. The lowest BCUT2D eigenvalue weighted by Crippen LogP contribution is -2.25. The molecule has 0 aliphatic rings. The van der Waals surface area contributed by atoms with Crippen LogP contribution in [0, 0.1) is 0 Å². The van der Waals surface area contributed by atoms with Crippen molar-refractivity contribution in [2.75, 3.05) is 13.7 Å². The number of hydrogen-bond acceptors (Lipinski definition) is 4. The number of carbonyl (C=O) groups is 1. The summed E-state index contributed by atoms with van der Waals surface area (Å²) in [5.74, 6) is 0.224. The van der Waals surface area contributed by atoms with Crippen LogP contribution in [0.15, 0.2) is 42.6 Å². The van der Waals surface area contributed by atoms with Crippen molar-refractivity contribution in [1.29, 1.82) is 0 Å². The molecule has 24 heavy (non-hydrogen) atoms. The number of carbonyl (C=O) groups excluding carboxylic acids is 1. The van der Waals surface area contributed by atoms with E-state index in [4.69, 9.17) is 4.74 Å². The van der Waals surface area contributed by atoms with Crippen LogP contribution in [0.5, 0.6) is 17.2 Å². The number of rotatable bonds is 5. The van der Waals surface area contributed by atoms with E-state index in [1.54, 1.807) is 12.1 Å². The van der Waals surface area contributed by atoms with E-state index in [-0.39, 0.29) is 23.2 Å². The normalized spacial score (nSPS) is 10.7. The fourth-order valence-electron chi connectivity index (χ4n) is 2.60. The second-order valence-electron chi connectivity index (χ2n) is 5.44. The van der Waals surface area contributed by atoms with Gasteiger partial charge in [-0.3, -0.25) is 4.79 Å². The highest BCUT2D eigenvalue weighted by molar-refractivity contribution is 5.95. The van der Waals surface area contributed by atoms with Gasteiger partial charge in [-0.1, -0.05) is 0 Å². The number of fused-ring (bicyclic) bond motifs is 1. The number of aromatic nitrogens is 1. The molecule has 0 aliphatic carbocycles. The molecule has 0 atom stereocenters. The average Bonchev–Trinajstić information content (AvgIpc) is 2.97. The predicted molar refractivity (Wildman–Crippen MR) is 90.7 cm³/mol. The third-order valence-corrected chi connectivity index (χ3v) is 3.87. The fraction of sp³-hybridized carbons (Fsp3) is 0.167. The Kier molecular flexibility index (Phi) is 4.29. The molecule has 3 aromatic rings. The van der Waals surface area contributed by atoms with Gasteiger partial charge in [-0.25, -0.2) is 0 Å². The first-order chi connectivity index (χ1) is 11.6. The van der Waals surface area contributed by atoms with Crippen molar-refractivity contribution in [1.82, 2.24) is 10.3 Å². The van der Waals surface area contributed by atoms with Crippen LogP contribution >= 0.6 is 0 Å². The van der Waals surface area contributed by atoms with E-state index >= 15 is 0 Å². The minimum Gasteiger partial charge on any atom is -0.508 e. The number of H-pyrrole nitrogens is 1. The lowest BCUT2D eigenvalue weighted by Gasteiger charge is -2.08. The van der Waals surface area contributed by atoms with Crippen LogP contribution in [-0.2, 0) is 6.42 Å². The molecule has 0 fully saturated rings. The highest BCUT2D eigenvalue weighted by Gasteiger charge is 2.10. The molecule has 0 spiro atoms. The van der Waals surface area contributed by atoms with Crippen molar-refractivity contribution < 1.29 is 19.7 Å². The molecule has 1 amide bonds. The minimum absolute atomic E-state index is 0.00681. The SMILES string of the molecule is COc1cc(C(=O)NCCc2c[nH]c3ccc(O)cc23)ccc1O. The van der Waals surface area contributed by atoms with E-state index in [0.717, 1.165) is 16.5 Å². The van der Waals surface area contributed by atoms with Crippen LogP contribution in [0.2, 0.25) is 0 Å². The first-order valence-corrected chi connectivity index (χ1v) is 7.52. The average molecular weight is 326 g/mol. The highest BCUT2D eigenvalue weighted by Crippen LogP contribution is 2.26. The molecule has 0 radical (unpaired) electrons. The monoisotopic (exact) mass is 326 g/mol. The third-order valence-electron chi connectivity index (χ3n) is 3.87. The van der Waals surface area contributed by atoms with Crippen molar-refractivity contribution >= 4 is 16.8 Å². The lowest BCUT2D eigenvalue weighted by atomic mass is 10.1. The van der Waals surface area contributed by atoms with Crippen LogP contribution < -0.4 is 10.1 Å². The topological polar surface area (TPSA) is 94.6 Å². The quantitative estimate of drug-likeness (QED) is 0.579. The standard InChI is InChI=1S/C18H18N2O4/c1-24-17-8-11(2-5-16(17)22)18(23)19-7-6-12-10-20-15-4-3-13(21)9-14(12)15/h2-5,8-10,20-22H,6-7H2,1H3,(H,19,23). The number of ether oxygens (including phenoxy) is 1. The number of aromatic hydroxyl groups is 2. The van der Waals surface area contributed by atoms with Gasteiger partial charge in [-0.2, -0.15) is 0 Å². The van der Waals surface area contributed by atoms with Gasteiger partial charge in [0.2, 0.25) is 0 Å². The first kappa shape index (κ1) is 15.7. The van der Waals surface area contributed by atoms with Gasteiger partial charge in [0.05, 0.1) is 7.11 Å². The second-order valence-corrected chi connectivity index (χ2v) is 5.44. The van der Waals surface area contributed by atoms with Crippen molar-refractivity contribution in [2.45, 2.75) is 6.42 Å². The summed E-state index contributed by atoms with van der Waals surface area (Å²) in [5.41, 5.74) is 2.38. The number of amides is 1. The van der Waals surface area contributed by atoms with Crippen LogP contribution in [0.3, 0.4) is 0 Å². The Morgan fingerprint density at radius 3 is 2.83 bits per heavy atom. The molecule has 0 unspecified atom stereocenters. The van der Waals surface area contributed by atoms with Crippen LogP contribution in [0.4, 0.5) is 0 Å². The van der Waals surface area contributed by atoms with Gasteiger partial charge in [0.1, 0.15) is 5.75 Å². The van der Waals surface area contributed by atoms with Gasteiger partial charge >= 0.3 is 0 Å². The molecule has 1 aromatic heterocycles. The summed E-state index contributed by atoms with van der Waals surface area (Å²) in [5, 5.41) is 22.9. The molecule has 124 valence electrons. The van der Waals surface area contributed by atoms with E-state index in [0.29, 0.717) is 18.5 Å². The van der Waals surface area contributed by atoms with Crippen molar-refractivity contribution in [3.05, 3.63) is 53.7 Å². The molecule has 0 aliphatic heterocycles. The van der Waals surface area contributed by atoms with Gasteiger partial charge in [-0.15, -0.1) is 0 Å². The summed E-state index contributed by atoms with van der Waals surface area (Å²) in [4.78, 5) is 15.3. The predicted octanol–water partition coefficient (Wildman–Crippen LogP) is 2.56. The Hall–Kier alpha value is -3.15. The largest absolute Gasteiger partial charge is 0.508 e. The van der Waals surface area contributed by atoms with E-state index in [2.05, 4.69) is 10.3 Å². The zero-order valence-corrected chi connectivity index (χ0v) is 13.2. The summed E-state index contributed by atoms with van der Waals surface area (Å²) in [6.07, 6.45) is 2.50. The highest BCUT2D eigenvalue weighted by atomic mass is 16.5. The third kappa shape index (κ3) is 3.12. The maximum Gasteiger partial charge on any atom is 0.251 e. The summed E-state index contributed by atoms with van der Waals surface area (Å²) in [6, 6.07) is 9.60. The smallest absolute Gasteiger partial charge is 0.251 e. The van der Waals surface area contributed by atoms with E-state index in [9.17, 15) is 15.0 Å². The zero-order chi connectivity index (χ0) is 17.1. The van der Waals surface area contributed by atoms with Gasteiger partial charge in [0, 0.05) is 29.2 Å². The van der Waals surface area contributed by atoms with Gasteiger partial charge in [0.25, 0.3) is 5.91 Å². The Morgan fingerprint density at radius 1 is 1.21 bits per heavy atom. The number of benzene rings is 2. The van der Waals surface area contributed by atoms with Crippen LogP contribution in [0.25, 0.3) is 10.9 Å². The minimum atomic E-state index is -0.240. The number of phenols is 2. The maximum absolute atomic E-state index is 12.2. The summed E-state index contributed by atoms with van der Waals surface area (Å²) in [6.45, 7) is 0.449. The van der Waals surface area contributed by atoms with Crippen LogP contribution in [-0.4, -0.2) is 34.8 Å². The van der Waals surface area contributed by atoms with Crippen LogP contribution in [0.1, 0.15) is 15.9 Å². The number of phenolic OH excluding ortho intramolecular Hbond substituents is 2. The second kappa shape index (κ2) is 6.54. The van der Waals surface area contributed by atoms with Gasteiger partial charge in [-0.05, 0) is 48.4 Å². The summed E-state index contributed by atoms with van der Waals surface area (Å²) in [7, 11) is 1.43. The van der Waals surface area contributed by atoms with Crippen molar-refractivity contribution in [3.8, 4) is 17.2 Å². The molecular formula is C18H18N2O4. The molecule has 0 saturated heterocycles. The Balaban J connectivity index is 1.65. The molecule has 4 N–H and O–H groups in total. The molecule has 6 nitrogen and oxygen atoms in total. The zero-order valence-electron chi connectivity index (χ0n) is 13.2. The summed E-state index contributed by atoms with van der Waals surface area (Å²) < 4.78 is 5.00. The molecule has 6 heteroatoms. The maximum atomic E-state index is 12.2. The van der Waals surface area contributed by atoms with Crippen molar-refractivity contribution in [3.63, 3.8) is 0 Å². The molecule has 2 aromatic carbocycles. The number of hydrogen-bond donors (Lipinski definition) is 4. The Bertz CT molecular complexity index is 886. The lowest BCUT2D eigenvalue weighted by molar-refractivity contribution is 0.0954. The van der Waals surface area contributed by atoms with Gasteiger partial charge in [0.15, 0.2) is 11.5 Å². The van der Waals surface area contributed by atoms with E-state index in [1.165, 1.54) is 25.3 Å². The molecule has 3 rings (SSSR count).